The van der Waals surface area contributed by atoms with Crippen molar-refractivity contribution in [3.8, 4) is 11.5 Å². The molecule has 0 bridgehead atoms. The van der Waals surface area contributed by atoms with Crippen molar-refractivity contribution in [1.82, 2.24) is 0 Å². The minimum absolute atomic E-state index is 0.112. The second-order valence-electron chi connectivity index (χ2n) is 5.10. The average Bonchev–Trinajstić information content (AvgIpc) is 2.26. The highest BCUT2D eigenvalue weighted by molar-refractivity contribution is 5.55. The molecule has 0 spiro atoms. The highest BCUT2D eigenvalue weighted by Crippen LogP contribution is 2.27. The van der Waals surface area contributed by atoms with Crippen LogP contribution in [0.4, 0.5) is 0 Å². The number of benzene rings is 1. The van der Waals surface area contributed by atoms with Crippen LogP contribution < -0.4 is 4.74 Å². The van der Waals surface area contributed by atoms with Crippen LogP contribution in [0.2, 0.25) is 0 Å². The molecule has 0 radical (unpaired) electrons. The monoisotopic (exact) mass is 236 g/mol. The molecule has 94 valence electrons. The summed E-state index contributed by atoms with van der Waals surface area (Å²) in [6.45, 7) is 5.91. The summed E-state index contributed by atoms with van der Waals surface area (Å²) in [6, 6.07) is 5.06. The van der Waals surface area contributed by atoms with Gasteiger partial charge in [0.1, 0.15) is 0 Å². The number of methoxy groups -OCH3 is 1. The summed E-state index contributed by atoms with van der Waals surface area (Å²) in [7, 11) is 1.51. The molecule has 17 heavy (non-hydrogen) atoms. The zero-order chi connectivity index (χ0) is 13.1. The predicted octanol–water partition coefficient (Wildman–Crippen LogP) is 2.82. The largest absolute Gasteiger partial charge is 0.504 e. The maximum absolute atomic E-state index is 9.86. The zero-order valence-corrected chi connectivity index (χ0v) is 10.8. The molecule has 1 unspecified atom stereocenters. The van der Waals surface area contributed by atoms with Gasteiger partial charge in [0.15, 0.2) is 11.5 Å². The van der Waals surface area contributed by atoms with Crippen LogP contribution in [0.25, 0.3) is 6.08 Å². The van der Waals surface area contributed by atoms with E-state index < -0.39 is 6.10 Å². The number of hydrogen-bond acceptors (Lipinski definition) is 3. The number of phenols is 1. The van der Waals surface area contributed by atoms with Crippen molar-refractivity contribution < 1.29 is 14.9 Å². The summed E-state index contributed by atoms with van der Waals surface area (Å²) >= 11 is 0. The maximum Gasteiger partial charge on any atom is 0.161 e. The molecule has 0 aliphatic rings. The molecule has 1 aromatic carbocycles. The minimum Gasteiger partial charge on any atom is -0.504 e. The second-order valence-corrected chi connectivity index (χ2v) is 5.10. The molecule has 0 amide bonds. The molecule has 2 N–H and O–H groups in total. The molecular formula is C14H20O3. The van der Waals surface area contributed by atoms with Crippen molar-refractivity contribution in [3.63, 3.8) is 0 Å². The molecule has 3 nitrogen and oxygen atoms in total. The molecule has 3 heteroatoms. The number of rotatable bonds is 3. The van der Waals surface area contributed by atoms with Gasteiger partial charge in [-0.05, 0) is 23.1 Å². The summed E-state index contributed by atoms with van der Waals surface area (Å²) in [5.74, 6) is 0.540. The summed E-state index contributed by atoms with van der Waals surface area (Å²) in [4.78, 5) is 0. The van der Waals surface area contributed by atoms with E-state index in [0.717, 1.165) is 5.56 Å². The third kappa shape index (κ3) is 3.79. The number of hydrogen-bond donors (Lipinski definition) is 2. The van der Waals surface area contributed by atoms with Gasteiger partial charge in [0.05, 0.1) is 13.2 Å². The first kappa shape index (κ1) is 13.6. The highest BCUT2D eigenvalue weighted by Gasteiger charge is 2.18. The van der Waals surface area contributed by atoms with Crippen LogP contribution in [-0.4, -0.2) is 23.4 Å². The van der Waals surface area contributed by atoms with Gasteiger partial charge in [-0.3, -0.25) is 0 Å². The Morgan fingerprint density at radius 2 is 1.94 bits per heavy atom. The first-order valence-electron chi connectivity index (χ1n) is 5.58. The topological polar surface area (TPSA) is 49.7 Å². The molecule has 0 aliphatic heterocycles. The van der Waals surface area contributed by atoms with Crippen molar-refractivity contribution in [2.45, 2.75) is 26.9 Å². The first-order valence-corrected chi connectivity index (χ1v) is 5.58. The van der Waals surface area contributed by atoms with E-state index in [1.165, 1.54) is 7.11 Å². The van der Waals surface area contributed by atoms with Gasteiger partial charge in [-0.2, -0.15) is 0 Å². The Morgan fingerprint density at radius 3 is 2.47 bits per heavy atom. The smallest absolute Gasteiger partial charge is 0.161 e. The Kier molecular flexibility index (Phi) is 4.18. The molecule has 0 saturated heterocycles. The van der Waals surface area contributed by atoms with E-state index >= 15 is 0 Å². The summed E-state index contributed by atoms with van der Waals surface area (Å²) in [5, 5.41) is 19.3. The van der Waals surface area contributed by atoms with Crippen LogP contribution in [0.1, 0.15) is 26.3 Å². The van der Waals surface area contributed by atoms with Crippen LogP contribution in [0, 0.1) is 5.41 Å². The summed E-state index contributed by atoms with van der Waals surface area (Å²) in [5.41, 5.74) is 0.695. The number of ether oxygens (including phenoxy) is 1. The van der Waals surface area contributed by atoms with E-state index in [2.05, 4.69) is 0 Å². The standard InChI is InChI=1S/C14H20O3/c1-14(2,3)13(16)8-6-10-5-7-11(15)12(9-10)17-4/h5-9,13,15-16H,1-4H3/b8-6+. The minimum atomic E-state index is -0.512. The lowest BCUT2D eigenvalue weighted by Gasteiger charge is -2.22. The lowest BCUT2D eigenvalue weighted by atomic mass is 9.89. The molecule has 1 aromatic rings. The Labute approximate surface area is 102 Å². The van der Waals surface area contributed by atoms with Crippen molar-refractivity contribution >= 4 is 6.08 Å². The lowest BCUT2D eigenvalue weighted by Crippen LogP contribution is -2.23. The summed E-state index contributed by atoms with van der Waals surface area (Å²) < 4.78 is 5.01. The van der Waals surface area contributed by atoms with Gasteiger partial charge in [-0.1, -0.05) is 39.0 Å². The number of aliphatic hydroxyl groups excluding tert-OH is 1. The van der Waals surface area contributed by atoms with E-state index in [9.17, 15) is 10.2 Å². The fraction of sp³-hybridized carbons (Fsp3) is 0.429. The van der Waals surface area contributed by atoms with Gasteiger partial charge >= 0.3 is 0 Å². The van der Waals surface area contributed by atoms with Gasteiger partial charge in [0.25, 0.3) is 0 Å². The normalized spacial score (nSPS) is 13.9. The van der Waals surface area contributed by atoms with Crippen LogP contribution in [0.15, 0.2) is 24.3 Å². The maximum atomic E-state index is 9.86. The molecule has 1 rings (SSSR count). The van der Waals surface area contributed by atoms with Crippen LogP contribution in [-0.2, 0) is 0 Å². The summed E-state index contributed by atoms with van der Waals surface area (Å²) in [6.07, 6.45) is 3.05. The van der Waals surface area contributed by atoms with Crippen molar-refractivity contribution in [2.24, 2.45) is 5.41 Å². The van der Waals surface area contributed by atoms with E-state index in [0.29, 0.717) is 5.75 Å². The number of phenolic OH excluding ortho intramolecular Hbond substituents is 1. The van der Waals surface area contributed by atoms with E-state index in [1.807, 2.05) is 26.8 Å². The molecule has 0 fully saturated rings. The van der Waals surface area contributed by atoms with E-state index in [4.69, 9.17) is 4.74 Å². The number of aromatic hydroxyl groups is 1. The number of aliphatic hydroxyl groups is 1. The highest BCUT2D eigenvalue weighted by atomic mass is 16.5. The van der Waals surface area contributed by atoms with Gasteiger partial charge in [0.2, 0.25) is 0 Å². The third-order valence-electron chi connectivity index (χ3n) is 2.56. The molecule has 0 heterocycles. The van der Waals surface area contributed by atoms with Crippen LogP contribution in [0.3, 0.4) is 0 Å². The Bertz CT molecular complexity index is 402. The van der Waals surface area contributed by atoms with E-state index in [-0.39, 0.29) is 11.2 Å². The van der Waals surface area contributed by atoms with Gasteiger partial charge in [0, 0.05) is 0 Å². The zero-order valence-electron chi connectivity index (χ0n) is 10.8. The molecule has 0 aromatic heterocycles. The quantitative estimate of drug-likeness (QED) is 0.848. The van der Waals surface area contributed by atoms with Crippen LogP contribution in [0.5, 0.6) is 11.5 Å². The third-order valence-corrected chi connectivity index (χ3v) is 2.56. The molecule has 0 saturated carbocycles. The second kappa shape index (κ2) is 5.23. The molecule has 0 aliphatic carbocycles. The van der Waals surface area contributed by atoms with Crippen molar-refractivity contribution in [3.05, 3.63) is 29.8 Å². The van der Waals surface area contributed by atoms with Gasteiger partial charge < -0.3 is 14.9 Å². The Hall–Kier alpha value is -1.48. The van der Waals surface area contributed by atoms with Gasteiger partial charge in [-0.15, -0.1) is 0 Å². The fourth-order valence-electron chi connectivity index (χ4n) is 1.29. The fourth-order valence-corrected chi connectivity index (χ4v) is 1.29. The SMILES string of the molecule is COc1cc(/C=C/C(O)C(C)(C)C)ccc1O. The average molecular weight is 236 g/mol. The molecular weight excluding hydrogens is 216 g/mol. The Morgan fingerprint density at radius 1 is 1.29 bits per heavy atom. The first-order chi connectivity index (χ1) is 7.84. The van der Waals surface area contributed by atoms with Crippen molar-refractivity contribution in [1.29, 1.82) is 0 Å². The van der Waals surface area contributed by atoms with Crippen LogP contribution >= 0.6 is 0 Å². The van der Waals surface area contributed by atoms with E-state index in [1.54, 1.807) is 24.3 Å². The predicted molar refractivity (Wildman–Crippen MR) is 69.2 cm³/mol. The van der Waals surface area contributed by atoms with Gasteiger partial charge in [-0.25, -0.2) is 0 Å². The lowest BCUT2D eigenvalue weighted by molar-refractivity contribution is 0.106. The Balaban J connectivity index is 2.85. The molecule has 1 atom stereocenters. The van der Waals surface area contributed by atoms with Crippen molar-refractivity contribution in [2.75, 3.05) is 7.11 Å².